The standard InChI is InChI=1S/C6H2ClN5/c7-6(11)5(3-10)12-4(1-8)2-9/h11H2. The lowest BCUT2D eigenvalue weighted by atomic mass is 10.4. The van der Waals surface area contributed by atoms with Gasteiger partial charge in [-0.3, -0.25) is 0 Å². The molecule has 0 unspecified atom stereocenters. The van der Waals surface area contributed by atoms with E-state index in [9.17, 15) is 0 Å². The van der Waals surface area contributed by atoms with E-state index in [2.05, 4.69) is 4.99 Å². The maximum absolute atomic E-state index is 8.34. The van der Waals surface area contributed by atoms with Gasteiger partial charge in [-0.25, -0.2) is 4.99 Å². The highest BCUT2D eigenvalue weighted by Gasteiger charge is 2.00. The summed E-state index contributed by atoms with van der Waals surface area (Å²) in [6.45, 7) is 0. The highest BCUT2D eigenvalue weighted by Crippen LogP contribution is 2.03. The fraction of sp³-hybridized carbons (Fsp3) is 0. The maximum Gasteiger partial charge on any atom is 0.219 e. The van der Waals surface area contributed by atoms with E-state index < -0.39 is 5.71 Å². The lowest BCUT2D eigenvalue weighted by Crippen LogP contribution is -1.96. The number of hydrogen-bond donors (Lipinski definition) is 1. The molecule has 0 atom stereocenters. The van der Waals surface area contributed by atoms with E-state index in [-0.39, 0.29) is 10.9 Å². The molecule has 0 aromatic heterocycles. The molecule has 0 aliphatic heterocycles. The zero-order chi connectivity index (χ0) is 9.56. The number of nitrogens with two attached hydrogens (primary N) is 1. The van der Waals surface area contributed by atoms with Crippen molar-refractivity contribution < 1.29 is 0 Å². The first-order chi connectivity index (χ1) is 5.65. The number of nitrogens with zero attached hydrogens (tertiary/aromatic N) is 4. The first-order valence-electron chi connectivity index (χ1n) is 2.60. The molecule has 5 nitrogen and oxygen atoms in total. The van der Waals surface area contributed by atoms with Crippen LogP contribution in [-0.4, -0.2) is 5.71 Å². The second kappa shape index (κ2) is 4.73. The molecule has 0 fully saturated rings. The molecule has 0 rings (SSSR count). The summed E-state index contributed by atoms with van der Waals surface area (Å²) in [5.74, 6) is 0. The van der Waals surface area contributed by atoms with Crippen molar-refractivity contribution in [1.29, 1.82) is 15.8 Å². The third kappa shape index (κ3) is 2.70. The Morgan fingerprint density at radius 3 is 1.92 bits per heavy atom. The van der Waals surface area contributed by atoms with E-state index in [1.807, 2.05) is 0 Å². The Bertz CT molecular complexity index is 339. The molecule has 0 heterocycles. The predicted molar refractivity (Wildman–Crippen MR) is 41.3 cm³/mol. The molecule has 0 aromatic carbocycles. The number of rotatable bonds is 1. The van der Waals surface area contributed by atoms with Crippen LogP contribution in [0.15, 0.2) is 15.8 Å². The van der Waals surface area contributed by atoms with E-state index >= 15 is 0 Å². The second-order valence-corrected chi connectivity index (χ2v) is 1.90. The monoisotopic (exact) mass is 179 g/mol. The zero-order valence-corrected chi connectivity index (χ0v) is 6.50. The van der Waals surface area contributed by atoms with Crippen LogP contribution in [0.1, 0.15) is 0 Å². The van der Waals surface area contributed by atoms with Gasteiger partial charge in [0.2, 0.25) is 5.71 Å². The predicted octanol–water partition coefficient (Wildman–Crippen LogP) is 0.365. The van der Waals surface area contributed by atoms with Gasteiger partial charge in [0.1, 0.15) is 23.4 Å². The van der Waals surface area contributed by atoms with Crippen molar-refractivity contribution >= 4 is 17.3 Å². The topological polar surface area (TPSA) is 110 Å². The highest BCUT2D eigenvalue weighted by atomic mass is 35.5. The van der Waals surface area contributed by atoms with Gasteiger partial charge in [0.15, 0.2) is 5.70 Å². The molecule has 2 N–H and O–H groups in total. The summed E-state index contributed by atoms with van der Waals surface area (Å²) in [4.78, 5) is 3.29. The van der Waals surface area contributed by atoms with Gasteiger partial charge in [0, 0.05) is 0 Å². The minimum atomic E-state index is -0.463. The number of aliphatic imine (C=N–C) groups is 1. The van der Waals surface area contributed by atoms with Crippen LogP contribution in [0.2, 0.25) is 0 Å². The third-order valence-electron chi connectivity index (χ3n) is 0.768. The molecule has 0 radical (unpaired) electrons. The molecule has 0 spiro atoms. The molecule has 0 aliphatic carbocycles. The van der Waals surface area contributed by atoms with Crippen LogP contribution in [-0.2, 0) is 0 Å². The van der Waals surface area contributed by atoms with E-state index in [0.29, 0.717) is 0 Å². The molecule has 0 bridgehead atoms. The number of hydrogen-bond acceptors (Lipinski definition) is 5. The SMILES string of the molecule is N#CC(C#N)=NC(C#N)=C(N)Cl. The normalized spacial score (nSPS) is 9.83. The maximum atomic E-state index is 8.34. The number of allylic oxidation sites excluding steroid dienone is 1. The molecular weight excluding hydrogens is 178 g/mol. The van der Waals surface area contributed by atoms with Crippen LogP contribution in [0.5, 0.6) is 0 Å². The Morgan fingerprint density at radius 1 is 1.17 bits per heavy atom. The molecule has 0 amide bonds. The summed E-state index contributed by atoms with van der Waals surface area (Å²) in [7, 11) is 0. The molecular formula is C6H2ClN5. The summed E-state index contributed by atoms with van der Waals surface area (Å²) in [5, 5.41) is 24.5. The van der Waals surface area contributed by atoms with Gasteiger partial charge in [-0.15, -0.1) is 0 Å². The van der Waals surface area contributed by atoms with Gasteiger partial charge in [-0.1, -0.05) is 11.6 Å². The smallest absolute Gasteiger partial charge is 0.219 e. The van der Waals surface area contributed by atoms with Crippen molar-refractivity contribution in [3.63, 3.8) is 0 Å². The van der Waals surface area contributed by atoms with E-state index in [0.717, 1.165) is 0 Å². The molecule has 0 saturated carbocycles. The van der Waals surface area contributed by atoms with Crippen LogP contribution < -0.4 is 5.73 Å². The lowest BCUT2D eigenvalue weighted by Gasteiger charge is -1.87. The number of nitriles is 3. The van der Waals surface area contributed by atoms with Gasteiger partial charge >= 0.3 is 0 Å². The van der Waals surface area contributed by atoms with E-state index in [1.54, 1.807) is 0 Å². The van der Waals surface area contributed by atoms with Crippen LogP contribution in [0.3, 0.4) is 0 Å². The molecule has 6 heteroatoms. The second-order valence-electron chi connectivity index (χ2n) is 1.49. The Kier molecular flexibility index (Phi) is 3.93. The Labute approximate surface area is 73.6 Å². The molecule has 0 aromatic rings. The lowest BCUT2D eigenvalue weighted by molar-refractivity contribution is 1.32. The average molecular weight is 180 g/mol. The molecule has 12 heavy (non-hydrogen) atoms. The summed E-state index contributed by atoms with van der Waals surface area (Å²) in [6.07, 6.45) is 0. The minimum Gasteiger partial charge on any atom is -0.387 e. The van der Waals surface area contributed by atoms with Gasteiger partial charge in [0.25, 0.3) is 0 Å². The summed E-state index contributed by atoms with van der Waals surface area (Å²) < 4.78 is 0. The van der Waals surface area contributed by atoms with Gasteiger partial charge in [-0.05, 0) is 0 Å². The Morgan fingerprint density at radius 2 is 1.67 bits per heavy atom. The Hall–Kier alpha value is -2.03. The van der Waals surface area contributed by atoms with Crippen molar-refractivity contribution in [1.82, 2.24) is 0 Å². The first-order valence-corrected chi connectivity index (χ1v) is 2.97. The summed E-state index contributed by atoms with van der Waals surface area (Å²) in [6, 6.07) is 4.46. The minimum absolute atomic E-state index is 0.338. The molecule has 0 aliphatic rings. The van der Waals surface area contributed by atoms with Crippen LogP contribution in [0, 0.1) is 34.0 Å². The van der Waals surface area contributed by atoms with Crippen LogP contribution in [0.4, 0.5) is 0 Å². The molecule has 0 saturated heterocycles. The summed E-state index contributed by atoms with van der Waals surface area (Å²) in [5.41, 5.74) is 4.20. The average Bonchev–Trinajstić information content (AvgIpc) is 2.06. The van der Waals surface area contributed by atoms with E-state index in [1.165, 1.54) is 18.2 Å². The third-order valence-corrected chi connectivity index (χ3v) is 0.947. The van der Waals surface area contributed by atoms with Gasteiger partial charge in [0.05, 0.1) is 0 Å². The van der Waals surface area contributed by atoms with Crippen LogP contribution >= 0.6 is 11.6 Å². The summed E-state index contributed by atoms with van der Waals surface area (Å²) >= 11 is 5.21. The van der Waals surface area contributed by atoms with E-state index in [4.69, 9.17) is 33.1 Å². The molecule has 58 valence electrons. The van der Waals surface area contributed by atoms with Gasteiger partial charge in [-0.2, -0.15) is 15.8 Å². The van der Waals surface area contributed by atoms with Crippen LogP contribution in [0.25, 0.3) is 0 Å². The van der Waals surface area contributed by atoms with Crippen molar-refractivity contribution in [2.45, 2.75) is 0 Å². The fourth-order valence-electron chi connectivity index (χ4n) is 0.319. The fourth-order valence-corrected chi connectivity index (χ4v) is 0.403. The quantitative estimate of drug-likeness (QED) is 0.356. The van der Waals surface area contributed by atoms with Crippen molar-refractivity contribution in [3.8, 4) is 18.2 Å². The van der Waals surface area contributed by atoms with Crippen molar-refractivity contribution in [3.05, 3.63) is 10.9 Å². The van der Waals surface area contributed by atoms with Gasteiger partial charge < -0.3 is 5.73 Å². The Balaban J connectivity index is 5.05. The largest absolute Gasteiger partial charge is 0.387 e. The first kappa shape index (κ1) is 9.97. The van der Waals surface area contributed by atoms with Crippen molar-refractivity contribution in [2.75, 3.05) is 0 Å². The number of halogens is 1. The van der Waals surface area contributed by atoms with Crippen molar-refractivity contribution in [2.24, 2.45) is 10.7 Å². The zero-order valence-electron chi connectivity index (χ0n) is 5.74. The highest BCUT2D eigenvalue weighted by molar-refractivity contribution is 6.29.